The number of aliphatic hydroxyl groups is 1. The fourth-order valence-electron chi connectivity index (χ4n) is 4.71. The molecule has 0 rings (SSSR count). The van der Waals surface area contributed by atoms with Crippen LogP contribution in [-0.2, 0) is 43.2 Å². The van der Waals surface area contributed by atoms with Crippen LogP contribution in [0.2, 0.25) is 0 Å². The summed E-state index contributed by atoms with van der Waals surface area (Å²) in [6.07, 6.45) is -4.42. The molecule has 0 bridgehead atoms. The van der Waals surface area contributed by atoms with Gasteiger partial charge in [-0.25, -0.2) is 4.79 Å². The molecular formula is C31H54N10O13. The van der Waals surface area contributed by atoms with Crippen LogP contribution in [-0.4, -0.2) is 129 Å². The zero-order chi connectivity index (χ0) is 41.7. The maximum Gasteiger partial charge on any atom is 0.326 e. The number of rotatable bonds is 27. The summed E-state index contributed by atoms with van der Waals surface area (Å²) < 4.78 is 0. The topological polar surface area (TPSA) is 411 Å². The molecule has 0 aliphatic rings. The maximum atomic E-state index is 13.5. The van der Waals surface area contributed by atoms with E-state index in [2.05, 4.69) is 31.6 Å². The Balaban J connectivity index is 6.18. The molecule has 0 radical (unpaired) electrons. The number of nitrogens with zero attached hydrogens (tertiary/aromatic N) is 1. The van der Waals surface area contributed by atoms with Crippen molar-refractivity contribution in [3.8, 4) is 0 Å². The van der Waals surface area contributed by atoms with Gasteiger partial charge in [-0.3, -0.25) is 43.3 Å². The van der Waals surface area contributed by atoms with E-state index in [-0.39, 0.29) is 44.1 Å². The standard InChI is InChI=1S/C31H54N10O13/c1-14(2)13-20(40-25(48)16(32)6-10-22(44)45)28(51)41-24(15(3)42)29(52)38-18(8-11-23(46)47)26(49)37-17(7-9-21(33)43)27(50)39-19(30(53)54)5-4-12-36-31(34)35/h14-20,24,42H,4-13,32H2,1-3H3,(H2,33,43)(H,37,49)(H,38,52)(H,39,50)(H,40,48)(H,41,51)(H,44,45)(H,46,47)(H,53,54)(H4,34,35,36). The smallest absolute Gasteiger partial charge is 0.326 e. The summed E-state index contributed by atoms with van der Waals surface area (Å²) in [5, 5.41) is 49.6. The third kappa shape index (κ3) is 20.5. The SMILES string of the molecule is CC(C)CC(NC(=O)C(N)CCC(=O)O)C(=O)NC(C(=O)NC(CCC(=O)O)C(=O)NC(CCC(N)=O)C(=O)NC(CCCN=C(N)N)C(=O)O)C(C)O. The number of amides is 6. The van der Waals surface area contributed by atoms with Crippen molar-refractivity contribution in [1.29, 1.82) is 0 Å². The Morgan fingerprint density at radius 3 is 1.52 bits per heavy atom. The highest BCUT2D eigenvalue weighted by molar-refractivity contribution is 5.97. The normalized spacial score (nSPS) is 14.8. The van der Waals surface area contributed by atoms with Crippen LogP contribution < -0.4 is 49.5 Å². The molecule has 0 aromatic heterocycles. The molecule has 0 aromatic carbocycles. The van der Waals surface area contributed by atoms with Gasteiger partial charge in [0.05, 0.1) is 12.1 Å². The maximum absolute atomic E-state index is 13.5. The molecule has 7 unspecified atom stereocenters. The van der Waals surface area contributed by atoms with Crippen LogP contribution in [0, 0.1) is 5.92 Å². The summed E-state index contributed by atoms with van der Waals surface area (Å²) in [5.74, 6) is -10.5. The van der Waals surface area contributed by atoms with Crippen molar-refractivity contribution in [3.63, 3.8) is 0 Å². The predicted octanol–water partition coefficient (Wildman–Crippen LogP) is -4.70. The van der Waals surface area contributed by atoms with E-state index in [0.29, 0.717) is 0 Å². The van der Waals surface area contributed by atoms with Gasteiger partial charge in [-0.2, -0.15) is 0 Å². The molecule has 6 amide bonds. The number of aliphatic imine (C=N–C) groups is 1. The van der Waals surface area contributed by atoms with Gasteiger partial charge in [-0.05, 0) is 51.4 Å². The fourth-order valence-corrected chi connectivity index (χ4v) is 4.71. The molecule has 0 saturated heterocycles. The highest BCUT2D eigenvalue weighted by Gasteiger charge is 2.35. The van der Waals surface area contributed by atoms with Gasteiger partial charge in [0.25, 0.3) is 0 Å². The van der Waals surface area contributed by atoms with Gasteiger partial charge in [-0.15, -0.1) is 0 Å². The van der Waals surface area contributed by atoms with Crippen molar-refractivity contribution < 1.29 is 63.6 Å². The second-order valence-electron chi connectivity index (χ2n) is 12.9. The lowest BCUT2D eigenvalue weighted by Gasteiger charge is -2.28. The van der Waals surface area contributed by atoms with Gasteiger partial charge in [0, 0.05) is 25.8 Å². The lowest BCUT2D eigenvalue weighted by Crippen LogP contribution is -2.61. The molecular weight excluding hydrogens is 720 g/mol. The molecule has 23 heteroatoms. The van der Waals surface area contributed by atoms with Crippen LogP contribution in [0.15, 0.2) is 4.99 Å². The average Bonchev–Trinajstić information content (AvgIpc) is 3.05. The molecule has 54 heavy (non-hydrogen) atoms. The van der Waals surface area contributed by atoms with Crippen LogP contribution in [0.3, 0.4) is 0 Å². The Morgan fingerprint density at radius 1 is 0.593 bits per heavy atom. The van der Waals surface area contributed by atoms with Gasteiger partial charge < -0.3 is 69.9 Å². The van der Waals surface area contributed by atoms with E-state index in [1.165, 1.54) is 0 Å². The van der Waals surface area contributed by atoms with Crippen molar-refractivity contribution >= 4 is 59.3 Å². The average molecular weight is 775 g/mol. The van der Waals surface area contributed by atoms with Crippen LogP contribution in [0.25, 0.3) is 0 Å². The van der Waals surface area contributed by atoms with Crippen LogP contribution in [0.1, 0.15) is 78.6 Å². The van der Waals surface area contributed by atoms with E-state index < -0.39 is 128 Å². The first-order chi connectivity index (χ1) is 25.0. The summed E-state index contributed by atoms with van der Waals surface area (Å²) >= 11 is 0. The number of primary amides is 1. The van der Waals surface area contributed by atoms with E-state index in [1.807, 2.05) is 0 Å². The van der Waals surface area contributed by atoms with Gasteiger partial charge in [-0.1, -0.05) is 13.8 Å². The second-order valence-corrected chi connectivity index (χ2v) is 12.9. The first-order valence-corrected chi connectivity index (χ1v) is 17.0. The highest BCUT2D eigenvalue weighted by atomic mass is 16.4. The number of carbonyl (C=O) groups is 9. The number of carbonyl (C=O) groups excluding carboxylic acids is 6. The number of nitrogens with two attached hydrogens (primary N) is 4. The minimum atomic E-state index is -1.78. The van der Waals surface area contributed by atoms with E-state index in [9.17, 15) is 58.5 Å². The van der Waals surface area contributed by atoms with Crippen LogP contribution in [0.5, 0.6) is 0 Å². The largest absolute Gasteiger partial charge is 0.481 e. The molecule has 7 atom stereocenters. The van der Waals surface area contributed by atoms with Gasteiger partial charge in [0.1, 0.15) is 30.2 Å². The van der Waals surface area contributed by atoms with Crippen molar-refractivity contribution in [3.05, 3.63) is 0 Å². The molecule has 0 saturated carbocycles. The molecule has 0 aliphatic carbocycles. The third-order valence-corrected chi connectivity index (χ3v) is 7.56. The van der Waals surface area contributed by atoms with Crippen LogP contribution in [0.4, 0.5) is 0 Å². The van der Waals surface area contributed by atoms with E-state index in [1.54, 1.807) is 13.8 Å². The number of hydrogen-bond donors (Lipinski definition) is 13. The molecule has 0 aromatic rings. The Morgan fingerprint density at radius 2 is 1.06 bits per heavy atom. The van der Waals surface area contributed by atoms with E-state index in [0.717, 1.165) is 6.92 Å². The number of carboxylic acids is 3. The third-order valence-electron chi connectivity index (χ3n) is 7.56. The summed E-state index contributed by atoms with van der Waals surface area (Å²) in [5.41, 5.74) is 21.5. The molecule has 0 heterocycles. The molecule has 0 aliphatic heterocycles. The quantitative estimate of drug-likeness (QED) is 0.0212. The Bertz CT molecular complexity index is 1370. The number of aliphatic carboxylic acids is 3. The Labute approximate surface area is 310 Å². The lowest BCUT2D eigenvalue weighted by atomic mass is 10.0. The number of carboxylic acid groups (broad SMARTS) is 3. The van der Waals surface area contributed by atoms with Crippen molar-refractivity contribution in [1.82, 2.24) is 26.6 Å². The van der Waals surface area contributed by atoms with Gasteiger partial charge in [0.15, 0.2) is 5.96 Å². The molecule has 23 nitrogen and oxygen atoms in total. The summed E-state index contributed by atoms with van der Waals surface area (Å²) in [7, 11) is 0. The second kappa shape index (κ2) is 24.6. The monoisotopic (exact) mass is 774 g/mol. The molecule has 306 valence electrons. The Kier molecular flexibility index (Phi) is 22.1. The molecule has 0 spiro atoms. The van der Waals surface area contributed by atoms with E-state index >= 15 is 0 Å². The first kappa shape index (κ1) is 48.4. The van der Waals surface area contributed by atoms with Gasteiger partial charge in [0.2, 0.25) is 35.4 Å². The van der Waals surface area contributed by atoms with Crippen LogP contribution >= 0.6 is 0 Å². The minimum absolute atomic E-state index is 0.0226. The summed E-state index contributed by atoms with van der Waals surface area (Å²) in [4.78, 5) is 115. The summed E-state index contributed by atoms with van der Waals surface area (Å²) in [6.45, 7) is 4.60. The predicted molar refractivity (Wildman–Crippen MR) is 188 cm³/mol. The zero-order valence-corrected chi connectivity index (χ0v) is 30.4. The molecule has 0 fully saturated rings. The Hall–Kier alpha value is -5.58. The van der Waals surface area contributed by atoms with Crippen molar-refractivity contribution in [2.24, 2.45) is 33.8 Å². The lowest BCUT2D eigenvalue weighted by molar-refractivity contribution is -0.142. The number of hydrogen-bond acceptors (Lipinski definition) is 12. The minimum Gasteiger partial charge on any atom is -0.481 e. The molecule has 17 N–H and O–H groups in total. The van der Waals surface area contributed by atoms with E-state index in [4.69, 9.17) is 28.0 Å². The highest BCUT2D eigenvalue weighted by Crippen LogP contribution is 2.09. The van der Waals surface area contributed by atoms with Gasteiger partial charge >= 0.3 is 17.9 Å². The fraction of sp³-hybridized carbons (Fsp3) is 0.677. The number of guanidine groups is 1. The first-order valence-electron chi connectivity index (χ1n) is 17.0. The zero-order valence-electron chi connectivity index (χ0n) is 30.4. The van der Waals surface area contributed by atoms with Crippen molar-refractivity contribution in [2.75, 3.05) is 6.54 Å². The summed E-state index contributed by atoms with van der Waals surface area (Å²) in [6, 6.07) is -9.18. The number of nitrogens with one attached hydrogen (secondary N) is 5. The number of aliphatic hydroxyl groups excluding tert-OH is 1. The van der Waals surface area contributed by atoms with Crippen molar-refractivity contribution in [2.45, 2.75) is 121 Å².